The van der Waals surface area contributed by atoms with Gasteiger partial charge in [0, 0.05) is 31.7 Å². The molecule has 174 valence electrons. The van der Waals surface area contributed by atoms with Crippen molar-refractivity contribution in [3.05, 3.63) is 71.0 Å². The Bertz CT molecular complexity index is 880. The van der Waals surface area contributed by atoms with Gasteiger partial charge in [-0.1, -0.05) is 24.3 Å². The van der Waals surface area contributed by atoms with Crippen LogP contribution in [0.4, 0.5) is 4.39 Å². The zero-order valence-electron chi connectivity index (χ0n) is 18.8. The highest BCUT2D eigenvalue weighted by atomic mass is 127. The molecule has 0 radical (unpaired) electrons. The fourth-order valence-electron chi connectivity index (χ4n) is 3.58. The van der Waals surface area contributed by atoms with Gasteiger partial charge in [0.05, 0.1) is 18.8 Å². The van der Waals surface area contributed by atoms with Crippen molar-refractivity contribution in [2.75, 3.05) is 19.6 Å². The van der Waals surface area contributed by atoms with E-state index in [-0.39, 0.29) is 47.9 Å². The van der Waals surface area contributed by atoms with Gasteiger partial charge in [0.15, 0.2) is 5.96 Å². The molecule has 0 saturated carbocycles. The van der Waals surface area contributed by atoms with Crippen molar-refractivity contribution in [3.63, 3.8) is 0 Å². The van der Waals surface area contributed by atoms with Gasteiger partial charge in [0.1, 0.15) is 5.82 Å². The smallest absolute Gasteiger partial charge is 0.254 e. The number of carbonyl (C=O) groups excluding carboxylic acids is 1. The zero-order valence-corrected chi connectivity index (χ0v) is 21.1. The van der Waals surface area contributed by atoms with E-state index in [1.807, 2.05) is 49.9 Å². The maximum atomic E-state index is 13.0. The second kappa shape index (κ2) is 12.7. The number of amides is 1. The van der Waals surface area contributed by atoms with Crippen molar-refractivity contribution in [1.82, 2.24) is 15.5 Å². The summed E-state index contributed by atoms with van der Waals surface area (Å²) in [5.41, 5.74) is 2.66. The number of rotatable bonds is 6. The lowest BCUT2D eigenvalue weighted by Crippen LogP contribution is -2.48. The molecule has 1 heterocycles. The molecule has 8 heteroatoms. The molecule has 0 spiro atoms. The largest absolute Gasteiger partial charge is 0.372 e. The Hall–Kier alpha value is -2.20. The average molecular weight is 554 g/mol. The summed E-state index contributed by atoms with van der Waals surface area (Å²) in [5, 5.41) is 6.46. The van der Waals surface area contributed by atoms with Gasteiger partial charge in [-0.05, 0) is 56.2 Å². The van der Waals surface area contributed by atoms with Gasteiger partial charge in [-0.3, -0.25) is 4.79 Å². The normalized spacial score (nSPS) is 18.6. The third-order valence-electron chi connectivity index (χ3n) is 5.04. The molecule has 2 aromatic rings. The molecule has 1 amide bonds. The number of aliphatic imine (C=N–C) groups is 1. The molecule has 2 atom stereocenters. The van der Waals surface area contributed by atoms with E-state index < -0.39 is 0 Å². The SMILES string of the molecule is CCNC(=NCc1ccc(C(=O)N2CC(C)OC(C)C2)cc1)NCc1ccc(F)cc1.I. The number of benzene rings is 2. The predicted molar refractivity (Wildman–Crippen MR) is 136 cm³/mol. The summed E-state index contributed by atoms with van der Waals surface area (Å²) < 4.78 is 18.8. The molecule has 3 rings (SSSR count). The highest BCUT2D eigenvalue weighted by molar-refractivity contribution is 14.0. The first-order valence-corrected chi connectivity index (χ1v) is 10.7. The molecule has 2 aromatic carbocycles. The van der Waals surface area contributed by atoms with E-state index in [0.29, 0.717) is 37.7 Å². The van der Waals surface area contributed by atoms with Crippen molar-refractivity contribution in [1.29, 1.82) is 0 Å². The van der Waals surface area contributed by atoms with Crippen LogP contribution in [0, 0.1) is 5.82 Å². The topological polar surface area (TPSA) is 66.0 Å². The molecule has 1 aliphatic rings. The van der Waals surface area contributed by atoms with Gasteiger partial charge in [0.25, 0.3) is 5.91 Å². The molecule has 1 fully saturated rings. The number of morpholine rings is 1. The molecule has 1 aliphatic heterocycles. The van der Waals surface area contributed by atoms with Crippen molar-refractivity contribution in [2.24, 2.45) is 4.99 Å². The standard InChI is InChI=1S/C24H31FN4O2.HI/c1-4-26-24(28-14-20-7-11-22(25)12-8-20)27-13-19-5-9-21(10-6-19)23(30)29-15-17(2)31-18(3)16-29;/h5-12,17-18H,4,13-16H2,1-3H3,(H2,26,27,28);1H. The molecule has 0 aliphatic carbocycles. The van der Waals surface area contributed by atoms with Crippen LogP contribution in [0.25, 0.3) is 0 Å². The van der Waals surface area contributed by atoms with Gasteiger partial charge in [0.2, 0.25) is 0 Å². The minimum Gasteiger partial charge on any atom is -0.372 e. The zero-order chi connectivity index (χ0) is 22.2. The molecule has 0 bridgehead atoms. The van der Waals surface area contributed by atoms with Gasteiger partial charge >= 0.3 is 0 Å². The summed E-state index contributed by atoms with van der Waals surface area (Å²) in [6, 6.07) is 14.0. The number of halogens is 2. The minimum atomic E-state index is -0.246. The number of hydrogen-bond acceptors (Lipinski definition) is 3. The van der Waals surface area contributed by atoms with Crippen LogP contribution in [-0.2, 0) is 17.8 Å². The number of carbonyl (C=O) groups is 1. The summed E-state index contributed by atoms with van der Waals surface area (Å²) in [4.78, 5) is 19.3. The fraction of sp³-hybridized carbons (Fsp3) is 0.417. The molecule has 32 heavy (non-hydrogen) atoms. The van der Waals surface area contributed by atoms with E-state index in [4.69, 9.17) is 4.74 Å². The number of nitrogens with zero attached hydrogens (tertiary/aromatic N) is 2. The van der Waals surface area contributed by atoms with Crippen LogP contribution in [0.1, 0.15) is 42.3 Å². The maximum Gasteiger partial charge on any atom is 0.254 e. The third kappa shape index (κ3) is 7.74. The number of ether oxygens (including phenoxy) is 1. The Morgan fingerprint density at radius 3 is 2.22 bits per heavy atom. The highest BCUT2D eigenvalue weighted by Gasteiger charge is 2.26. The predicted octanol–water partition coefficient (Wildman–Crippen LogP) is 3.95. The van der Waals surface area contributed by atoms with Crippen LogP contribution >= 0.6 is 24.0 Å². The van der Waals surface area contributed by atoms with Crippen molar-refractivity contribution in [3.8, 4) is 0 Å². The van der Waals surface area contributed by atoms with Gasteiger partial charge in [-0.2, -0.15) is 0 Å². The minimum absolute atomic E-state index is 0. The lowest BCUT2D eigenvalue weighted by Gasteiger charge is -2.35. The fourth-order valence-corrected chi connectivity index (χ4v) is 3.58. The Labute approximate surface area is 206 Å². The lowest BCUT2D eigenvalue weighted by atomic mass is 10.1. The number of nitrogens with one attached hydrogen (secondary N) is 2. The molecule has 1 saturated heterocycles. The quantitative estimate of drug-likeness (QED) is 0.323. The van der Waals surface area contributed by atoms with E-state index in [9.17, 15) is 9.18 Å². The second-order valence-electron chi connectivity index (χ2n) is 7.84. The second-order valence-corrected chi connectivity index (χ2v) is 7.84. The summed E-state index contributed by atoms with van der Waals surface area (Å²) in [6.07, 6.45) is 0.0985. The Kier molecular flexibility index (Phi) is 10.4. The molecule has 0 aromatic heterocycles. The molecule has 2 N–H and O–H groups in total. The van der Waals surface area contributed by atoms with Crippen molar-refractivity contribution >= 4 is 35.8 Å². The molecular formula is C24H32FIN4O2. The summed E-state index contributed by atoms with van der Waals surface area (Å²) in [7, 11) is 0. The Morgan fingerprint density at radius 1 is 1.03 bits per heavy atom. The third-order valence-corrected chi connectivity index (χ3v) is 5.04. The van der Waals surface area contributed by atoms with E-state index in [1.165, 1.54) is 12.1 Å². The first-order valence-electron chi connectivity index (χ1n) is 10.7. The maximum absolute atomic E-state index is 13.0. The van der Waals surface area contributed by atoms with Gasteiger partial charge in [-0.15, -0.1) is 24.0 Å². The molecular weight excluding hydrogens is 522 g/mol. The van der Waals surface area contributed by atoms with Crippen LogP contribution in [0.3, 0.4) is 0 Å². The first-order chi connectivity index (χ1) is 14.9. The highest BCUT2D eigenvalue weighted by Crippen LogP contribution is 2.15. The Morgan fingerprint density at radius 2 is 1.62 bits per heavy atom. The van der Waals surface area contributed by atoms with Crippen LogP contribution in [0.15, 0.2) is 53.5 Å². The monoisotopic (exact) mass is 554 g/mol. The van der Waals surface area contributed by atoms with Crippen molar-refractivity contribution in [2.45, 2.75) is 46.1 Å². The Balaban J connectivity index is 0.00000363. The van der Waals surface area contributed by atoms with E-state index in [0.717, 1.165) is 17.7 Å². The first kappa shape index (κ1) is 26.1. The van der Waals surface area contributed by atoms with Crippen LogP contribution in [0.5, 0.6) is 0 Å². The van der Waals surface area contributed by atoms with Crippen LogP contribution < -0.4 is 10.6 Å². The summed E-state index contributed by atoms with van der Waals surface area (Å²) in [5.74, 6) is 0.471. The van der Waals surface area contributed by atoms with E-state index in [1.54, 1.807) is 12.1 Å². The van der Waals surface area contributed by atoms with Crippen LogP contribution in [-0.4, -0.2) is 48.6 Å². The van der Waals surface area contributed by atoms with Crippen LogP contribution in [0.2, 0.25) is 0 Å². The van der Waals surface area contributed by atoms with Gasteiger partial charge < -0.3 is 20.3 Å². The average Bonchev–Trinajstić information content (AvgIpc) is 2.76. The molecule has 2 unspecified atom stereocenters. The molecule has 6 nitrogen and oxygen atoms in total. The van der Waals surface area contributed by atoms with E-state index >= 15 is 0 Å². The summed E-state index contributed by atoms with van der Waals surface area (Å²) >= 11 is 0. The summed E-state index contributed by atoms with van der Waals surface area (Å²) in [6.45, 7) is 8.98. The van der Waals surface area contributed by atoms with E-state index in [2.05, 4.69) is 15.6 Å². The van der Waals surface area contributed by atoms with Crippen molar-refractivity contribution < 1.29 is 13.9 Å². The number of hydrogen-bond donors (Lipinski definition) is 2. The number of guanidine groups is 1. The lowest BCUT2D eigenvalue weighted by molar-refractivity contribution is -0.0586. The van der Waals surface area contributed by atoms with Gasteiger partial charge in [-0.25, -0.2) is 9.38 Å².